The number of aromatic nitrogens is 1. The van der Waals surface area contributed by atoms with Crippen molar-refractivity contribution in [2.75, 3.05) is 5.75 Å². The minimum atomic E-state index is 0. The van der Waals surface area contributed by atoms with E-state index in [1.807, 2.05) is 6.20 Å². The first kappa shape index (κ1) is 11.3. The fourth-order valence-corrected chi connectivity index (χ4v) is 2.55. The van der Waals surface area contributed by atoms with Crippen molar-refractivity contribution in [1.29, 1.82) is 0 Å². The highest BCUT2D eigenvalue weighted by atomic mass is 35.5. The molecule has 0 saturated carbocycles. The lowest BCUT2D eigenvalue weighted by Gasteiger charge is -1.85. The highest BCUT2D eigenvalue weighted by Gasteiger charge is 1.98. The molecule has 0 aliphatic heterocycles. The van der Waals surface area contributed by atoms with E-state index < -0.39 is 0 Å². The van der Waals surface area contributed by atoms with Crippen LogP contribution in [0.15, 0.2) is 10.5 Å². The van der Waals surface area contributed by atoms with Crippen molar-refractivity contribution in [3.8, 4) is 0 Å². The molecule has 0 unspecified atom stereocenters. The second-order valence-corrected chi connectivity index (χ2v) is 4.55. The minimum Gasteiger partial charge on any atom is -0.238 e. The summed E-state index contributed by atoms with van der Waals surface area (Å²) < 4.78 is 1.12. The molecule has 1 nitrogen and oxygen atoms in total. The van der Waals surface area contributed by atoms with E-state index in [4.69, 9.17) is 11.6 Å². The second-order valence-electron chi connectivity index (χ2n) is 1.66. The molecule has 11 heavy (non-hydrogen) atoms. The van der Waals surface area contributed by atoms with Crippen LogP contribution in [0.4, 0.5) is 0 Å². The van der Waals surface area contributed by atoms with Crippen LogP contribution in [0.5, 0.6) is 0 Å². The highest BCUT2D eigenvalue weighted by molar-refractivity contribution is 8.01. The Labute approximate surface area is 81.2 Å². The molecule has 0 radical (unpaired) electrons. The summed E-state index contributed by atoms with van der Waals surface area (Å²) in [5.74, 6) is 1.66. The average Bonchev–Trinajstić information content (AvgIpc) is 2.37. The zero-order chi connectivity index (χ0) is 7.40. The molecule has 0 amide bonds. The Morgan fingerprint density at radius 1 is 1.73 bits per heavy atom. The van der Waals surface area contributed by atoms with Gasteiger partial charge in [-0.15, -0.1) is 22.9 Å². The molecule has 0 bridgehead atoms. The average molecular weight is 210 g/mol. The van der Waals surface area contributed by atoms with Crippen LogP contribution in [0.25, 0.3) is 0 Å². The van der Waals surface area contributed by atoms with Crippen molar-refractivity contribution < 1.29 is 0 Å². The van der Waals surface area contributed by atoms with Gasteiger partial charge in [0, 0.05) is 11.1 Å². The van der Waals surface area contributed by atoms with Crippen molar-refractivity contribution in [3.05, 3.63) is 11.1 Å². The van der Waals surface area contributed by atoms with E-state index in [0.29, 0.717) is 5.88 Å². The van der Waals surface area contributed by atoms with Crippen molar-refractivity contribution in [1.82, 2.24) is 4.98 Å². The third-order valence-electron chi connectivity index (χ3n) is 0.932. The summed E-state index contributed by atoms with van der Waals surface area (Å²) in [7, 11) is 0. The Bertz CT molecular complexity index is 200. The standard InChI is InChI=1S/C6H8ClNS2.CH4/c1-2-9-6-8-4-5(3-7)10-6;/h4H,2-3H2,1H3;1H4. The zero-order valence-corrected chi connectivity index (χ0v) is 8.02. The third-order valence-corrected chi connectivity index (χ3v) is 3.41. The summed E-state index contributed by atoms with van der Waals surface area (Å²) >= 11 is 9.04. The summed E-state index contributed by atoms with van der Waals surface area (Å²) in [5.41, 5.74) is 0. The molecular weight excluding hydrogens is 198 g/mol. The first-order valence-corrected chi connectivity index (χ1v) is 5.34. The van der Waals surface area contributed by atoms with E-state index >= 15 is 0 Å². The van der Waals surface area contributed by atoms with Gasteiger partial charge in [0.2, 0.25) is 0 Å². The number of rotatable bonds is 3. The second kappa shape index (κ2) is 5.86. The number of halogens is 1. The molecule has 0 fully saturated rings. The molecule has 0 aliphatic carbocycles. The Morgan fingerprint density at radius 2 is 2.45 bits per heavy atom. The lowest BCUT2D eigenvalue weighted by atomic mass is 10.6. The van der Waals surface area contributed by atoms with Crippen LogP contribution in [0.3, 0.4) is 0 Å². The van der Waals surface area contributed by atoms with Crippen molar-refractivity contribution in [2.45, 2.75) is 24.6 Å². The van der Waals surface area contributed by atoms with Gasteiger partial charge >= 0.3 is 0 Å². The summed E-state index contributed by atoms with van der Waals surface area (Å²) in [6.45, 7) is 2.12. The van der Waals surface area contributed by atoms with Gasteiger partial charge in [0.05, 0.1) is 5.88 Å². The molecule has 0 N–H and O–H groups in total. The van der Waals surface area contributed by atoms with E-state index in [1.165, 1.54) is 0 Å². The number of thioether (sulfide) groups is 1. The predicted octanol–water partition coefficient (Wildman–Crippen LogP) is 3.63. The first-order chi connectivity index (χ1) is 4.86. The quantitative estimate of drug-likeness (QED) is 0.557. The van der Waals surface area contributed by atoms with Gasteiger partial charge in [-0.2, -0.15) is 0 Å². The Hall–Kier alpha value is 0.270. The van der Waals surface area contributed by atoms with E-state index in [2.05, 4.69) is 11.9 Å². The number of nitrogens with zero attached hydrogens (tertiary/aromatic N) is 1. The first-order valence-electron chi connectivity index (χ1n) is 3.00. The van der Waals surface area contributed by atoms with E-state index in [1.54, 1.807) is 23.1 Å². The molecule has 4 heteroatoms. The van der Waals surface area contributed by atoms with E-state index in [9.17, 15) is 0 Å². The van der Waals surface area contributed by atoms with Crippen LogP contribution in [0.1, 0.15) is 19.2 Å². The molecule has 1 aromatic rings. The summed E-state index contributed by atoms with van der Waals surface area (Å²) in [5, 5.41) is 0. The molecule has 1 rings (SSSR count). The topological polar surface area (TPSA) is 12.9 Å². The van der Waals surface area contributed by atoms with Crippen LogP contribution >= 0.6 is 34.7 Å². The SMILES string of the molecule is C.CCSc1ncc(CCl)s1. The maximum Gasteiger partial charge on any atom is 0.150 e. The maximum atomic E-state index is 5.60. The molecule has 1 aromatic heterocycles. The van der Waals surface area contributed by atoms with E-state index in [0.717, 1.165) is 15.0 Å². The van der Waals surface area contributed by atoms with Gasteiger partial charge in [0.1, 0.15) is 4.34 Å². The monoisotopic (exact) mass is 209 g/mol. The highest BCUT2D eigenvalue weighted by Crippen LogP contribution is 2.24. The molecular formula is C7H12ClNS2. The molecule has 64 valence electrons. The smallest absolute Gasteiger partial charge is 0.150 e. The fraction of sp³-hybridized carbons (Fsp3) is 0.571. The van der Waals surface area contributed by atoms with Crippen molar-refractivity contribution >= 4 is 34.7 Å². The minimum absolute atomic E-state index is 0. The Balaban J connectivity index is 0.000001000. The molecule has 1 heterocycles. The van der Waals surface area contributed by atoms with Gasteiger partial charge in [-0.3, -0.25) is 0 Å². The number of hydrogen-bond acceptors (Lipinski definition) is 3. The van der Waals surface area contributed by atoms with Crippen LogP contribution < -0.4 is 0 Å². The molecule has 0 spiro atoms. The van der Waals surface area contributed by atoms with Gasteiger partial charge in [0.15, 0.2) is 0 Å². The Morgan fingerprint density at radius 3 is 2.91 bits per heavy atom. The van der Waals surface area contributed by atoms with Crippen molar-refractivity contribution in [3.63, 3.8) is 0 Å². The van der Waals surface area contributed by atoms with Gasteiger partial charge in [-0.25, -0.2) is 4.98 Å². The maximum absolute atomic E-state index is 5.60. The normalized spacial score (nSPS) is 9.27. The summed E-state index contributed by atoms with van der Waals surface area (Å²) in [6.07, 6.45) is 1.84. The Kier molecular flexibility index (Phi) is 6.01. The van der Waals surface area contributed by atoms with Crippen LogP contribution in [-0.4, -0.2) is 10.7 Å². The van der Waals surface area contributed by atoms with Gasteiger partial charge in [-0.1, -0.05) is 26.1 Å². The molecule has 0 aliphatic rings. The van der Waals surface area contributed by atoms with E-state index in [-0.39, 0.29) is 7.43 Å². The van der Waals surface area contributed by atoms with Crippen molar-refractivity contribution in [2.24, 2.45) is 0 Å². The summed E-state index contributed by atoms with van der Waals surface area (Å²) in [4.78, 5) is 5.32. The third kappa shape index (κ3) is 3.45. The number of hydrogen-bond donors (Lipinski definition) is 0. The predicted molar refractivity (Wildman–Crippen MR) is 54.8 cm³/mol. The van der Waals surface area contributed by atoms with Gasteiger partial charge < -0.3 is 0 Å². The largest absolute Gasteiger partial charge is 0.238 e. The van der Waals surface area contributed by atoms with Crippen LogP contribution in [-0.2, 0) is 5.88 Å². The van der Waals surface area contributed by atoms with Crippen LogP contribution in [0, 0.1) is 0 Å². The van der Waals surface area contributed by atoms with Gasteiger partial charge in [0.25, 0.3) is 0 Å². The lowest BCUT2D eigenvalue weighted by Crippen LogP contribution is -1.65. The lowest BCUT2D eigenvalue weighted by molar-refractivity contribution is 1.23. The fourth-order valence-electron chi connectivity index (χ4n) is 0.542. The molecule has 0 atom stereocenters. The van der Waals surface area contributed by atoms with Crippen LogP contribution in [0.2, 0.25) is 0 Å². The molecule has 0 aromatic carbocycles. The number of alkyl halides is 1. The number of thiazole rings is 1. The zero-order valence-electron chi connectivity index (χ0n) is 5.63. The molecule has 0 saturated heterocycles. The van der Waals surface area contributed by atoms with Gasteiger partial charge in [-0.05, 0) is 5.75 Å². The summed E-state index contributed by atoms with van der Waals surface area (Å²) in [6, 6.07) is 0.